The first-order chi connectivity index (χ1) is 15.3. The van der Waals surface area contributed by atoms with Gasteiger partial charge in [0.15, 0.2) is 0 Å². The molecule has 0 aliphatic carbocycles. The Kier molecular flexibility index (Phi) is 5.24. The molecule has 0 N–H and O–H groups in total. The molecule has 0 bridgehead atoms. The number of hydroxylamine groups is 2. The van der Waals surface area contributed by atoms with Crippen molar-refractivity contribution in [1.29, 1.82) is 0 Å². The number of hydrogen-bond donors (Lipinski definition) is 0. The Bertz CT molecular complexity index is 1030. The third-order valence-corrected chi connectivity index (χ3v) is 12.3. The molecule has 1 atom stereocenters. The zero-order valence-electron chi connectivity index (χ0n) is 17.8. The van der Waals surface area contributed by atoms with Crippen molar-refractivity contribution in [1.82, 2.24) is 5.06 Å². The fourth-order valence-corrected chi connectivity index (χ4v) is 11.1. The van der Waals surface area contributed by atoms with E-state index in [9.17, 15) is 0 Å². The third kappa shape index (κ3) is 3.06. The van der Waals surface area contributed by atoms with Crippen LogP contribution in [0.25, 0.3) is 0 Å². The van der Waals surface area contributed by atoms with Gasteiger partial charge in [-0.05, 0) is 0 Å². The van der Waals surface area contributed by atoms with Crippen LogP contribution in [-0.4, -0.2) is 17.8 Å². The van der Waals surface area contributed by atoms with E-state index in [4.69, 9.17) is 4.62 Å². The van der Waals surface area contributed by atoms with Crippen molar-refractivity contribution in [3.8, 4) is 0 Å². The Balaban J connectivity index is 1.86. The van der Waals surface area contributed by atoms with E-state index in [0.717, 1.165) is 12.7 Å². The van der Waals surface area contributed by atoms with E-state index in [-0.39, 0.29) is 6.04 Å². The summed E-state index contributed by atoms with van der Waals surface area (Å²) in [6.45, 7) is -0.223. The Morgan fingerprint density at radius 3 is 1.42 bits per heavy atom. The second kappa shape index (κ2) is 8.05. The molecule has 156 valence electrons. The molecule has 1 saturated heterocycles. The van der Waals surface area contributed by atoms with E-state index in [1.807, 2.05) is 0 Å². The van der Waals surface area contributed by atoms with Gasteiger partial charge in [0, 0.05) is 0 Å². The van der Waals surface area contributed by atoms with Gasteiger partial charge in [0.2, 0.25) is 0 Å². The van der Waals surface area contributed by atoms with E-state index in [0.29, 0.717) is 0 Å². The van der Waals surface area contributed by atoms with E-state index in [1.54, 1.807) is 0 Å². The summed E-state index contributed by atoms with van der Waals surface area (Å²) < 4.78 is 7.37. The molecule has 1 unspecified atom stereocenters. The first-order valence-electron chi connectivity index (χ1n) is 11.0. The van der Waals surface area contributed by atoms with E-state index in [2.05, 4.69) is 133 Å². The summed E-state index contributed by atoms with van der Waals surface area (Å²) in [5.74, 6) is 0. The van der Waals surface area contributed by atoms with Crippen LogP contribution in [0.5, 0.6) is 0 Å². The first-order valence-corrected chi connectivity index (χ1v) is 13.3. The van der Waals surface area contributed by atoms with Gasteiger partial charge in [0.25, 0.3) is 0 Å². The van der Waals surface area contributed by atoms with E-state index < -0.39 is 6.83 Å². The second-order valence-corrected chi connectivity index (χ2v) is 12.6. The summed E-state index contributed by atoms with van der Waals surface area (Å²) in [4.78, 5) is 0. The molecule has 0 aromatic heterocycles. The molecule has 1 aliphatic rings. The average Bonchev–Trinajstić information content (AvgIpc) is 3.25. The molecular formula is C28H28NOP. The Morgan fingerprint density at radius 1 is 0.645 bits per heavy atom. The molecule has 2 nitrogen and oxygen atoms in total. The van der Waals surface area contributed by atoms with Gasteiger partial charge in [-0.15, -0.1) is 0 Å². The van der Waals surface area contributed by atoms with Crippen LogP contribution in [0, 0.1) is 0 Å². The molecule has 31 heavy (non-hydrogen) atoms. The maximum absolute atomic E-state index is 7.37. The minimum absolute atomic E-state index is 0.185. The molecule has 0 spiro atoms. The summed E-state index contributed by atoms with van der Waals surface area (Å²) in [6, 6.07) is 43.7. The summed E-state index contributed by atoms with van der Waals surface area (Å²) in [7, 11) is 0. The van der Waals surface area contributed by atoms with Gasteiger partial charge < -0.3 is 0 Å². The SMILES string of the molecule is CCN1OP(c2ccccc2)(c2ccccc2)(c2ccccc2)CC1c1ccccc1. The molecule has 4 aromatic rings. The predicted molar refractivity (Wildman–Crippen MR) is 133 cm³/mol. The van der Waals surface area contributed by atoms with Crippen molar-refractivity contribution in [3.63, 3.8) is 0 Å². The van der Waals surface area contributed by atoms with Crippen LogP contribution in [0.3, 0.4) is 0 Å². The third-order valence-electron chi connectivity index (χ3n) is 6.56. The Hall–Kier alpha value is -2.77. The fourth-order valence-electron chi connectivity index (χ4n) is 5.10. The summed E-state index contributed by atoms with van der Waals surface area (Å²) in [5, 5.41) is 6.06. The summed E-state index contributed by atoms with van der Waals surface area (Å²) in [5.41, 5.74) is 1.30. The van der Waals surface area contributed by atoms with Crippen LogP contribution in [0.15, 0.2) is 121 Å². The van der Waals surface area contributed by atoms with Gasteiger partial charge in [0.1, 0.15) is 0 Å². The van der Waals surface area contributed by atoms with Crippen LogP contribution in [0.1, 0.15) is 18.5 Å². The van der Waals surface area contributed by atoms with E-state index in [1.165, 1.54) is 21.5 Å². The molecule has 0 saturated carbocycles. The fraction of sp³-hybridized carbons (Fsp3) is 0.143. The predicted octanol–water partition coefficient (Wildman–Crippen LogP) is 5.44. The summed E-state index contributed by atoms with van der Waals surface area (Å²) in [6.07, 6.45) is 0.918. The van der Waals surface area contributed by atoms with Crippen molar-refractivity contribution in [2.75, 3.05) is 12.7 Å². The van der Waals surface area contributed by atoms with Gasteiger partial charge in [-0.1, -0.05) is 0 Å². The number of nitrogens with zero attached hydrogens (tertiary/aromatic N) is 1. The van der Waals surface area contributed by atoms with Crippen LogP contribution in [-0.2, 0) is 4.62 Å². The van der Waals surface area contributed by atoms with Crippen molar-refractivity contribution in [2.24, 2.45) is 0 Å². The first kappa shape index (κ1) is 20.2. The molecule has 0 amide bonds. The number of hydrogen-bond acceptors (Lipinski definition) is 2. The second-order valence-electron chi connectivity index (χ2n) is 8.14. The quantitative estimate of drug-likeness (QED) is 0.395. The van der Waals surface area contributed by atoms with Crippen LogP contribution in [0.2, 0.25) is 0 Å². The number of benzene rings is 4. The molecule has 1 heterocycles. The van der Waals surface area contributed by atoms with Gasteiger partial charge in [-0.2, -0.15) is 0 Å². The zero-order chi connectivity index (χ0) is 21.2. The van der Waals surface area contributed by atoms with Crippen LogP contribution >= 0.6 is 6.83 Å². The standard InChI is InChI=1S/C28H28NOP/c1-2-29-28(24-15-7-3-8-16-24)23-31(30-29,25-17-9-4-10-18-25,26-19-11-5-12-20-26)27-21-13-6-14-22-27/h3-22,28H,2,23H2,1H3. The molecular weight excluding hydrogens is 397 g/mol. The van der Waals surface area contributed by atoms with Gasteiger partial charge in [-0.3, -0.25) is 0 Å². The Labute approximate surface area is 185 Å². The van der Waals surface area contributed by atoms with Gasteiger partial charge >= 0.3 is 185 Å². The normalized spacial score (nSPS) is 21.2. The van der Waals surface area contributed by atoms with Gasteiger partial charge in [0.05, 0.1) is 0 Å². The van der Waals surface area contributed by atoms with Crippen molar-refractivity contribution < 1.29 is 4.62 Å². The molecule has 3 heteroatoms. The van der Waals surface area contributed by atoms with Gasteiger partial charge in [-0.25, -0.2) is 0 Å². The topological polar surface area (TPSA) is 12.5 Å². The zero-order valence-corrected chi connectivity index (χ0v) is 18.7. The maximum atomic E-state index is 7.37. The Morgan fingerprint density at radius 2 is 1.03 bits per heavy atom. The number of rotatable bonds is 5. The van der Waals surface area contributed by atoms with E-state index >= 15 is 0 Å². The van der Waals surface area contributed by atoms with Crippen molar-refractivity contribution in [3.05, 3.63) is 127 Å². The van der Waals surface area contributed by atoms with Crippen molar-refractivity contribution >= 4 is 22.7 Å². The molecule has 1 aliphatic heterocycles. The van der Waals surface area contributed by atoms with Crippen LogP contribution < -0.4 is 15.9 Å². The average molecular weight is 426 g/mol. The summed E-state index contributed by atoms with van der Waals surface area (Å²) >= 11 is 0. The molecule has 5 rings (SSSR count). The van der Waals surface area contributed by atoms with Crippen molar-refractivity contribution in [2.45, 2.75) is 13.0 Å². The monoisotopic (exact) mass is 425 g/mol. The minimum atomic E-state index is -3.23. The molecule has 1 fully saturated rings. The van der Waals surface area contributed by atoms with Crippen LogP contribution in [0.4, 0.5) is 0 Å². The molecule has 0 radical (unpaired) electrons. The molecule has 4 aromatic carbocycles.